The molecule has 0 saturated carbocycles. The maximum absolute atomic E-state index is 13.4. The summed E-state index contributed by atoms with van der Waals surface area (Å²) in [5, 5.41) is 8.13. The van der Waals surface area contributed by atoms with Crippen molar-refractivity contribution in [1.29, 1.82) is 0 Å². The molecule has 0 N–H and O–H groups in total. The zero-order valence-corrected chi connectivity index (χ0v) is 17.4. The van der Waals surface area contributed by atoms with Crippen LogP contribution in [0.5, 0.6) is 0 Å². The van der Waals surface area contributed by atoms with E-state index in [1.165, 1.54) is 0 Å². The molecule has 0 aliphatic heterocycles. The molecule has 0 radical (unpaired) electrons. The van der Waals surface area contributed by atoms with Crippen LogP contribution in [0.25, 0.3) is 22.4 Å². The van der Waals surface area contributed by atoms with Crippen LogP contribution in [0.1, 0.15) is 22.6 Å². The SMILES string of the molecule is Cc1ccc(C=C(c2nnc(-c3ccc(C)cc3)o2)S(=O)(=O)c2ccccc2)cc1. The van der Waals surface area contributed by atoms with Crippen molar-refractivity contribution in [1.82, 2.24) is 10.2 Å². The Labute approximate surface area is 175 Å². The van der Waals surface area contributed by atoms with Gasteiger partial charge in [-0.3, -0.25) is 0 Å². The first-order valence-corrected chi connectivity index (χ1v) is 10.9. The van der Waals surface area contributed by atoms with E-state index < -0.39 is 9.84 Å². The molecule has 0 aliphatic carbocycles. The number of aryl methyl sites for hydroxylation is 2. The Morgan fingerprint density at radius 2 is 1.40 bits per heavy atom. The summed E-state index contributed by atoms with van der Waals surface area (Å²) in [5.41, 5.74) is 3.64. The molecule has 0 fully saturated rings. The van der Waals surface area contributed by atoms with Gasteiger partial charge in [0.25, 0.3) is 5.89 Å². The van der Waals surface area contributed by atoms with Gasteiger partial charge in [-0.25, -0.2) is 8.42 Å². The highest BCUT2D eigenvalue weighted by molar-refractivity contribution is 8.00. The van der Waals surface area contributed by atoms with E-state index in [9.17, 15) is 8.42 Å². The van der Waals surface area contributed by atoms with Gasteiger partial charge in [0.15, 0.2) is 0 Å². The van der Waals surface area contributed by atoms with E-state index in [1.54, 1.807) is 36.4 Å². The fraction of sp³-hybridized carbons (Fsp3) is 0.0833. The summed E-state index contributed by atoms with van der Waals surface area (Å²) in [6.07, 6.45) is 1.56. The Bertz CT molecular complexity index is 1290. The molecule has 4 rings (SSSR count). The van der Waals surface area contributed by atoms with Crippen LogP contribution in [-0.2, 0) is 9.84 Å². The van der Waals surface area contributed by atoms with E-state index in [0.717, 1.165) is 22.3 Å². The van der Waals surface area contributed by atoms with Gasteiger partial charge >= 0.3 is 0 Å². The number of hydrogen-bond acceptors (Lipinski definition) is 5. The minimum absolute atomic E-state index is 0.0385. The lowest BCUT2D eigenvalue weighted by atomic mass is 10.1. The van der Waals surface area contributed by atoms with E-state index in [0.29, 0.717) is 0 Å². The molecule has 0 saturated heterocycles. The summed E-state index contributed by atoms with van der Waals surface area (Å²) >= 11 is 0. The molecule has 3 aromatic carbocycles. The average molecular weight is 417 g/mol. The molecule has 0 unspecified atom stereocenters. The van der Waals surface area contributed by atoms with Crippen LogP contribution >= 0.6 is 0 Å². The molecule has 6 heteroatoms. The molecule has 0 bridgehead atoms. The maximum atomic E-state index is 13.4. The molecule has 0 atom stereocenters. The number of rotatable bonds is 5. The number of hydrogen-bond donors (Lipinski definition) is 0. The fourth-order valence-corrected chi connectivity index (χ4v) is 4.30. The van der Waals surface area contributed by atoms with Crippen molar-refractivity contribution in [2.75, 3.05) is 0 Å². The summed E-state index contributed by atoms with van der Waals surface area (Å²) in [6, 6.07) is 23.4. The standard InChI is InChI=1S/C24H20N2O3S/c1-17-8-12-19(13-9-17)16-22(30(27,28)21-6-4-3-5-7-21)24-26-25-23(29-24)20-14-10-18(2)11-15-20/h3-16H,1-2H3. The van der Waals surface area contributed by atoms with Crippen LogP contribution < -0.4 is 0 Å². The monoisotopic (exact) mass is 416 g/mol. The van der Waals surface area contributed by atoms with E-state index >= 15 is 0 Å². The van der Waals surface area contributed by atoms with Gasteiger partial charge in [0.05, 0.1) is 4.90 Å². The zero-order valence-electron chi connectivity index (χ0n) is 16.6. The van der Waals surface area contributed by atoms with Gasteiger partial charge in [0.1, 0.15) is 4.91 Å². The highest BCUT2D eigenvalue weighted by atomic mass is 32.2. The molecule has 0 amide bonds. The van der Waals surface area contributed by atoms with Gasteiger partial charge in [-0.05, 0) is 49.8 Å². The number of nitrogens with zero attached hydrogens (tertiary/aromatic N) is 2. The van der Waals surface area contributed by atoms with Crippen molar-refractivity contribution in [3.8, 4) is 11.5 Å². The summed E-state index contributed by atoms with van der Waals surface area (Å²) < 4.78 is 32.6. The minimum atomic E-state index is -3.87. The third kappa shape index (κ3) is 4.09. The van der Waals surface area contributed by atoms with Gasteiger partial charge in [-0.2, -0.15) is 0 Å². The highest BCUT2D eigenvalue weighted by Gasteiger charge is 2.27. The van der Waals surface area contributed by atoms with Gasteiger partial charge < -0.3 is 4.42 Å². The van der Waals surface area contributed by atoms with E-state index in [4.69, 9.17) is 4.42 Å². The van der Waals surface area contributed by atoms with Crippen LogP contribution in [0.2, 0.25) is 0 Å². The number of sulfone groups is 1. The van der Waals surface area contributed by atoms with Crippen molar-refractivity contribution in [2.24, 2.45) is 0 Å². The number of aromatic nitrogens is 2. The van der Waals surface area contributed by atoms with Crippen LogP contribution in [0.4, 0.5) is 0 Å². The van der Waals surface area contributed by atoms with Crippen molar-refractivity contribution >= 4 is 20.8 Å². The van der Waals surface area contributed by atoms with Crippen molar-refractivity contribution < 1.29 is 12.8 Å². The second kappa shape index (κ2) is 8.08. The molecule has 0 spiro atoms. The molecule has 4 aromatic rings. The summed E-state index contributed by atoms with van der Waals surface area (Å²) in [7, 11) is -3.87. The van der Waals surface area contributed by atoms with Crippen LogP contribution in [0.3, 0.4) is 0 Å². The Hall–Kier alpha value is -3.51. The Balaban J connectivity index is 1.84. The predicted octanol–water partition coefficient (Wildman–Crippen LogP) is 5.33. The van der Waals surface area contributed by atoms with Gasteiger partial charge in [-0.1, -0.05) is 65.7 Å². The smallest absolute Gasteiger partial charge is 0.259 e. The van der Waals surface area contributed by atoms with Crippen molar-refractivity contribution in [2.45, 2.75) is 18.7 Å². The Kier molecular flexibility index (Phi) is 5.33. The van der Waals surface area contributed by atoms with Gasteiger partial charge in [0.2, 0.25) is 15.7 Å². The van der Waals surface area contributed by atoms with E-state index in [1.807, 2.05) is 62.4 Å². The second-order valence-corrected chi connectivity index (χ2v) is 8.93. The third-order valence-corrected chi connectivity index (χ3v) is 6.42. The first-order chi connectivity index (χ1) is 14.4. The topological polar surface area (TPSA) is 73.1 Å². The molecule has 0 aliphatic rings. The fourth-order valence-electron chi connectivity index (χ4n) is 2.93. The van der Waals surface area contributed by atoms with Crippen LogP contribution in [0, 0.1) is 13.8 Å². The molecule has 5 nitrogen and oxygen atoms in total. The highest BCUT2D eigenvalue weighted by Crippen LogP contribution is 2.31. The lowest BCUT2D eigenvalue weighted by Crippen LogP contribution is -2.04. The lowest BCUT2D eigenvalue weighted by molar-refractivity contribution is 0.553. The van der Waals surface area contributed by atoms with E-state index in [2.05, 4.69) is 10.2 Å². The Morgan fingerprint density at radius 1 is 0.800 bits per heavy atom. The van der Waals surface area contributed by atoms with Crippen molar-refractivity contribution in [3.05, 3.63) is 101 Å². The number of benzene rings is 3. The lowest BCUT2D eigenvalue weighted by Gasteiger charge is -2.06. The largest absolute Gasteiger partial charge is 0.415 e. The second-order valence-electron chi connectivity index (χ2n) is 7.01. The normalized spacial score (nSPS) is 12.1. The van der Waals surface area contributed by atoms with Gasteiger partial charge in [-0.15, -0.1) is 10.2 Å². The first kappa shape index (κ1) is 19.8. The molecular formula is C24H20N2O3S. The zero-order chi connectivity index (χ0) is 21.1. The molecular weight excluding hydrogens is 396 g/mol. The minimum Gasteiger partial charge on any atom is -0.415 e. The summed E-state index contributed by atoms with van der Waals surface area (Å²) in [4.78, 5) is 0.127. The average Bonchev–Trinajstić information content (AvgIpc) is 3.24. The predicted molar refractivity (Wildman–Crippen MR) is 117 cm³/mol. The van der Waals surface area contributed by atoms with Gasteiger partial charge in [0, 0.05) is 5.56 Å². The first-order valence-electron chi connectivity index (χ1n) is 9.43. The molecule has 1 heterocycles. The summed E-state index contributed by atoms with van der Waals surface area (Å²) in [5.74, 6) is 0.220. The molecule has 150 valence electrons. The molecule has 1 aromatic heterocycles. The quantitative estimate of drug-likeness (QED) is 0.440. The third-order valence-electron chi connectivity index (χ3n) is 4.65. The van der Waals surface area contributed by atoms with E-state index in [-0.39, 0.29) is 21.6 Å². The van der Waals surface area contributed by atoms with Crippen molar-refractivity contribution in [3.63, 3.8) is 0 Å². The maximum Gasteiger partial charge on any atom is 0.259 e. The van der Waals surface area contributed by atoms with Crippen LogP contribution in [0.15, 0.2) is 88.2 Å². The summed E-state index contributed by atoms with van der Waals surface area (Å²) in [6.45, 7) is 3.96. The van der Waals surface area contributed by atoms with Crippen LogP contribution in [-0.4, -0.2) is 18.6 Å². The Morgan fingerprint density at radius 3 is 2.03 bits per heavy atom. The molecule has 30 heavy (non-hydrogen) atoms.